The highest BCUT2D eigenvalue weighted by atomic mass is 32.7. The fraction of sp³-hybridized carbons (Fsp3) is 0.333. The molecule has 152 valence electrons. The third-order valence-electron chi connectivity index (χ3n) is 4.61. The number of hydrogen-bond acceptors (Lipinski definition) is 3. The summed E-state index contributed by atoms with van der Waals surface area (Å²) in [5.74, 6) is 0.264. The van der Waals surface area contributed by atoms with Crippen LogP contribution in [0.1, 0.15) is 27.7 Å². The van der Waals surface area contributed by atoms with E-state index in [9.17, 15) is 4.57 Å². The Morgan fingerprint density at radius 1 is 1.04 bits per heavy atom. The first-order valence-corrected chi connectivity index (χ1v) is 14.3. The molecule has 4 nitrogen and oxygen atoms in total. The van der Waals surface area contributed by atoms with Gasteiger partial charge in [0.25, 0.3) is 8.32 Å². The van der Waals surface area contributed by atoms with Gasteiger partial charge in [-0.1, -0.05) is 93.1 Å². The lowest BCUT2D eigenvalue weighted by atomic mass is 10.2. The predicted molar refractivity (Wildman–Crippen MR) is 122 cm³/mol. The average molecular weight is 437 g/mol. The van der Waals surface area contributed by atoms with Crippen LogP contribution in [-0.2, 0) is 8.99 Å². The normalized spacial score (nSPS) is 13.6. The minimum Gasteiger partial charge on any atom is -0.403 e. The highest BCUT2D eigenvalue weighted by Crippen LogP contribution is 2.50. The van der Waals surface area contributed by atoms with Gasteiger partial charge in [0, 0.05) is 5.75 Å². The molecule has 2 N–H and O–H groups in total. The Labute approximate surface area is 173 Å². The summed E-state index contributed by atoms with van der Waals surface area (Å²) in [6.07, 6.45) is 1.83. The number of hydrogen-bond donors (Lipinski definition) is 2. The van der Waals surface area contributed by atoms with Crippen molar-refractivity contribution >= 4 is 36.9 Å². The van der Waals surface area contributed by atoms with Crippen molar-refractivity contribution in [2.75, 3.05) is 12.4 Å². The van der Waals surface area contributed by atoms with Crippen LogP contribution in [0.25, 0.3) is 0 Å². The van der Waals surface area contributed by atoms with Gasteiger partial charge < -0.3 is 14.2 Å². The van der Waals surface area contributed by atoms with Crippen molar-refractivity contribution in [2.24, 2.45) is 0 Å². The van der Waals surface area contributed by atoms with Crippen LogP contribution in [0.4, 0.5) is 0 Å². The zero-order valence-electron chi connectivity index (χ0n) is 16.8. The summed E-state index contributed by atoms with van der Waals surface area (Å²) in [7, 11) is -2.59. The second-order valence-electron chi connectivity index (χ2n) is 7.79. The summed E-state index contributed by atoms with van der Waals surface area (Å²) in [6, 6.07) is 20.8. The summed E-state index contributed by atoms with van der Waals surface area (Å²) >= 11 is 0.640. The van der Waals surface area contributed by atoms with Crippen molar-refractivity contribution in [3.63, 3.8) is 0 Å². The predicted octanol–water partition coefficient (Wildman–Crippen LogP) is 4.34. The van der Waals surface area contributed by atoms with Gasteiger partial charge in [-0.15, -0.1) is 0 Å². The second kappa shape index (κ2) is 9.57. The Bertz CT molecular complexity index is 789. The van der Waals surface area contributed by atoms with Crippen molar-refractivity contribution in [3.8, 4) is 0 Å². The van der Waals surface area contributed by atoms with E-state index in [-0.39, 0.29) is 10.8 Å². The third-order valence-corrected chi connectivity index (χ3v) is 11.7. The Kier molecular flexibility index (Phi) is 7.91. The van der Waals surface area contributed by atoms with E-state index in [2.05, 4.69) is 69.3 Å². The van der Waals surface area contributed by atoms with Gasteiger partial charge in [0.05, 0.1) is 6.61 Å². The summed E-state index contributed by atoms with van der Waals surface area (Å²) in [6.45, 7) is 4.98. The van der Waals surface area contributed by atoms with Crippen LogP contribution in [0.3, 0.4) is 0 Å². The third kappa shape index (κ3) is 5.93. The first kappa shape index (κ1) is 23.1. The minimum absolute atomic E-state index is 0.101. The van der Waals surface area contributed by atoms with Crippen molar-refractivity contribution < 1.29 is 18.8 Å². The fourth-order valence-corrected chi connectivity index (χ4v) is 9.28. The van der Waals surface area contributed by atoms with Gasteiger partial charge in [0.1, 0.15) is 0 Å². The van der Waals surface area contributed by atoms with Crippen molar-refractivity contribution in [3.05, 3.63) is 72.3 Å². The SMILES string of the molecule is CC(=CCSP(=O)(O)O)CO[Si](c1ccccc1)(c1ccccc1)C(C)(C)C. The summed E-state index contributed by atoms with van der Waals surface area (Å²) in [5, 5.41) is 2.33. The van der Waals surface area contributed by atoms with E-state index in [0.717, 1.165) is 5.57 Å². The molecule has 7 heteroatoms. The Morgan fingerprint density at radius 3 is 1.89 bits per heavy atom. The number of rotatable bonds is 8. The highest BCUT2D eigenvalue weighted by Gasteiger charge is 2.50. The molecule has 2 aromatic carbocycles. The topological polar surface area (TPSA) is 66.8 Å². The lowest BCUT2D eigenvalue weighted by molar-refractivity contribution is 0.329. The Hall–Kier alpha value is -1.14. The second-order valence-corrected chi connectivity index (χ2v) is 15.9. The molecule has 0 spiro atoms. The van der Waals surface area contributed by atoms with E-state index in [1.54, 1.807) is 0 Å². The molecule has 0 atom stereocenters. The van der Waals surface area contributed by atoms with E-state index >= 15 is 0 Å². The zero-order valence-corrected chi connectivity index (χ0v) is 19.5. The Balaban J connectivity index is 2.39. The van der Waals surface area contributed by atoms with Crippen LogP contribution < -0.4 is 10.4 Å². The molecular formula is C21H29O4PSSi. The molecule has 0 bridgehead atoms. The van der Waals surface area contributed by atoms with Crippen molar-refractivity contribution in [1.29, 1.82) is 0 Å². The van der Waals surface area contributed by atoms with E-state index in [0.29, 0.717) is 18.0 Å². The van der Waals surface area contributed by atoms with Crippen molar-refractivity contribution in [1.82, 2.24) is 0 Å². The number of benzene rings is 2. The highest BCUT2D eigenvalue weighted by molar-refractivity contribution is 8.54. The molecule has 0 aliphatic carbocycles. The molecule has 0 saturated heterocycles. The van der Waals surface area contributed by atoms with Gasteiger partial charge >= 0.3 is 6.80 Å². The molecule has 2 rings (SSSR count). The summed E-state index contributed by atoms with van der Waals surface area (Å²) in [5.41, 5.74) is 0.967. The first-order chi connectivity index (χ1) is 13.1. The molecule has 0 saturated carbocycles. The van der Waals surface area contributed by atoms with Gasteiger partial charge in [-0.2, -0.15) is 0 Å². The van der Waals surface area contributed by atoms with Crippen LogP contribution in [0.5, 0.6) is 0 Å². The van der Waals surface area contributed by atoms with Gasteiger partial charge in [0.15, 0.2) is 0 Å². The standard InChI is InChI=1S/C21H29O4PSSi/c1-18(15-16-27-26(22,23)24)17-25-28(21(2,3)4,19-11-7-5-8-12-19)20-13-9-6-10-14-20/h5-15H,16-17H2,1-4H3,(H2,22,23,24). The monoisotopic (exact) mass is 436 g/mol. The van der Waals surface area contributed by atoms with E-state index < -0.39 is 15.1 Å². The van der Waals surface area contributed by atoms with Crippen LogP contribution in [0.15, 0.2) is 72.3 Å². The largest absolute Gasteiger partial charge is 0.403 e. The van der Waals surface area contributed by atoms with Gasteiger partial charge in [-0.3, -0.25) is 0 Å². The van der Waals surface area contributed by atoms with Crippen LogP contribution in [0.2, 0.25) is 5.04 Å². The maximum absolute atomic E-state index is 11.0. The summed E-state index contributed by atoms with van der Waals surface area (Å²) in [4.78, 5) is 18.0. The lowest BCUT2D eigenvalue weighted by Gasteiger charge is -2.43. The molecule has 0 amide bonds. The van der Waals surface area contributed by atoms with Crippen LogP contribution >= 0.6 is 18.2 Å². The molecule has 0 aliphatic heterocycles. The van der Waals surface area contributed by atoms with Gasteiger partial charge in [-0.05, 0) is 33.7 Å². The molecule has 0 heterocycles. The molecule has 2 aromatic rings. The van der Waals surface area contributed by atoms with Gasteiger partial charge in [-0.25, -0.2) is 4.57 Å². The van der Waals surface area contributed by atoms with E-state index in [4.69, 9.17) is 14.2 Å². The minimum atomic E-state index is -4.06. The molecule has 0 aromatic heterocycles. The smallest absolute Gasteiger partial charge is 0.384 e. The maximum atomic E-state index is 11.0. The van der Waals surface area contributed by atoms with Crippen LogP contribution in [0, 0.1) is 0 Å². The average Bonchev–Trinajstić information content (AvgIpc) is 2.62. The molecule has 0 unspecified atom stereocenters. The molecule has 0 radical (unpaired) electrons. The first-order valence-electron chi connectivity index (χ1n) is 9.17. The van der Waals surface area contributed by atoms with E-state index in [1.165, 1.54) is 10.4 Å². The molecular weight excluding hydrogens is 407 g/mol. The van der Waals surface area contributed by atoms with E-state index in [1.807, 2.05) is 25.1 Å². The molecule has 0 aliphatic rings. The lowest BCUT2D eigenvalue weighted by Crippen LogP contribution is -2.66. The maximum Gasteiger partial charge on any atom is 0.384 e. The molecule has 0 fully saturated rings. The quantitative estimate of drug-likeness (QED) is 0.366. The van der Waals surface area contributed by atoms with Crippen molar-refractivity contribution in [2.45, 2.75) is 32.7 Å². The zero-order chi connectivity index (χ0) is 20.8. The summed E-state index contributed by atoms with van der Waals surface area (Å²) < 4.78 is 17.8. The Morgan fingerprint density at radius 2 is 1.50 bits per heavy atom. The molecule has 28 heavy (non-hydrogen) atoms. The van der Waals surface area contributed by atoms with Gasteiger partial charge in [0.2, 0.25) is 0 Å². The fourth-order valence-electron chi connectivity index (χ4n) is 3.32. The van der Waals surface area contributed by atoms with Crippen LogP contribution in [-0.4, -0.2) is 30.5 Å².